The van der Waals surface area contributed by atoms with Gasteiger partial charge in [0, 0.05) is 0 Å². The van der Waals surface area contributed by atoms with Gasteiger partial charge in [0.25, 0.3) is 0 Å². The highest BCUT2D eigenvalue weighted by molar-refractivity contribution is 5.14. The summed E-state index contributed by atoms with van der Waals surface area (Å²) in [6, 6.07) is 10.3. The first-order valence-corrected chi connectivity index (χ1v) is 5.55. The van der Waals surface area contributed by atoms with Crippen molar-refractivity contribution in [1.29, 1.82) is 0 Å². The molecule has 2 nitrogen and oxygen atoms in total. The average molecular weight is 208 g/mol. The van der Waals surface area contributed by atoms with Gasteiger partial charge < -0.3 is 10.2 Å². The molecule has 0 fully saturated rings. The highest BCUT2D eigenvalue weighted by Crippen LogP contribution is 2.14. The minimum absolute atomic E-state index is 0.129. The SMILES string of the molecule is C[C@@H](CCc1ccccc1)C[C@H](O)CO. The molecule has 2 atom stereocenters. The highest BCUT2D eigenvalue weighted by Gasteiger charge is 2.09. The van der Waals surface area contributed by atoms with E-state index in [1.807, 2.05) is 18.2 Å². The fourth-order valence-electron chi connectivity index (χ4n) is 1.71. The molecule has 1 aromatic carbocycles. The Labute approximate surface area is 91.6 Å². The standard InChI is InChI=1S/C13H20O2/c1-11(9-13(15)10-14)7-8-12-5-3-2-4-6-12/h2-6,11,13-15H,7-10H2,1H3/t11-,13-/m0/s1. The predicted octanol–water partition coefficient (Wildman–Crippen LogP) is 2.00. The third kappa shape index (κ3) is 4.96. The number of hydrogen-bond acceptors (Lipinski definition) is 2. The lowest BCUT2D eigenvalue weighted by Crippen LogP contribution is -2.16. The number of aliphatic hydroxyl groups is 2. The van der Waals surface area contributed by atoms with Gasteiger partial charge in [-0.2, -0.15) is 0 Å². The summed E-state index contributed by atoms with van der Waals surface area (Å²) in [6.07, 6.45) is 2.22. The van der Waals surface area contributed by atoms with Gasteiger partial charge in [0.1, 0.15) is 0 Å². The Kier molecular flexibility index (Phi) is 5.37. The zero-order chi connectivity index (χ0) is 11.1. The quantitative estimate of drug-likeness (QED) is 0.750. The smallest absolute Gasteiger partial charge is 0.0773 e. The van der Waals surface area contributed by atoms with Gasteiger partial charge in [-0.3, -0.25) is 0 Å². The van der Waals surface area contributed by atoms with Crippen molar-refractivity contribution < 1.29 is 10.2 Å². The van der Waals surface area contributed by atoms with Gasteiger partial charge in [0.2, 0.25) is 0 Å². The van der Waals surface area contributed by atoms with Gasteiger partial charge in [-0.15, -0.1) is 0 Å². The molecule has 84 valence electrons. The van der Waals surface area contributed by atoms with E-state index in [9.17, 15) is 5.11 Å². The molecule has 0 unspecified atom stereocenters. The Bertz CT molecular complexity index is 258. The zero-order valence-electron chi connectivity index (χ0n) is 9.26. The van der Waals surface area contributed by atoms with E-state index in [-0.39, 0.29) is 6.61 Å². The van der Waals surface area contributed by atoms with Crippen molar-refractivity contribution in [2.75, 3.05) is 6.61 Å². The van der Waals surface area contributed by atoms with Gasteiger partial charge in [-0.1, -0.05) is 37.3 Å². The number of rotatable bonds is 6. The Balaban J connectivity index is 2.25. The van der Waals surface area contributed by atoms with E-state index in [0.29, 0.717) is 12.3 Å². The van der Waals surface area contributed by atoms with Gasteiger partial charge >= 0.3 is 0 Å². The molecule has 0 amide bonds. The van der Waals surface area contributed by atoms with Crippen molar-refractivity contribution in [3.63, 3.8) is 0 Å². The third-order valence-electron chi connectivity index (χ3n) is 2.65. The lowest BCUT2D eigenvalue weighted by Gasteiger charge is -2.14. The summed E-state index contributed by atoms with van der Waals surface area (Å²) >= 11 is 0. The fraction of sp³-hybridized carbons (Fsp3) is 0.538. The molecule has 0 saturated carbocycles. The van der Waals surface area contributed by atoms with E-state index in [1.54, 1.807) is 0 Å². The Morgan fingerprint density at radius 2 is 1.87 bits per heavy atom. The van der Waals surface area contributed by atoms with Crippen LogP contribution in [0.3, 0.4) is 0 Å². The summed E-state index contributed by atoms with van der Waals surface area (Å²) in [5, 5.41) is 18.0. The Morgan fingerprint density at radius 3 is 2.47 bits per heavy atom. The summed E-state index contributed by atoms with van der Waals surface area (Å²) in [4.78, 5) is 0. The molecule has 0 heterocycles. The number of aryl methyl sites for hydroxylation is 1. The monoisotopic (exact) mass is 208 g/mol. The summed E-state index contributed by atoms with van der Waals surface area (Å²) in [7, 11) is 0. The molecule has 0 radical (unpaired) electrons. The van der Waals surface area contributed by atoms with Crippen LogP contribution in [0.1, 0.15) is 25.3 Å². The summed E-state index contributed by atoms with van der Waals surface area (Å²) in [5.74, 6) is 0.451. The minimum Gasteiger partial charge on any atom is -0.394 e. The van der Waals surface area contributed by atoms with E-state index in [4.69, 9.17) is 5.11 Å². The van der Waals surface area contributed by atoms with Crippen LogP contribution in [-0.4, -0.2) is 22.9 Å². The molecular formula is C13H20O2. The summed E-state index contributed by atoms with van der Waals surface area (Å²) < 4.78 is 0. The second-order valence-corrected chi connectivity index (χ2v) is 4.20. The van der Waals surface area contributed by atoms with Crippen LogP contribution in [0.25, 0.3) is 0 Å². The fourth-order valence-corrected chi connectivity index (χ4v) is 1.71. The molecule has 1 aromatic rings. The molecule has 0 aliphatic carbocycles. The first kappa shape index (κ1) is 12.2. The third-order valence-corrected chi connectivity index (χ3v) is 2.65. The summed E-state index contributed by atoms with van der Waals surface area (Å²) in [6.45, 7) is 1.98. The Hall–Kier alpha value is -0.860. The normalized spacial score (nSPS) is 14.9. The number of hydrogen-bond donors (Lipinski definition) is 2. The van der Waals surface area contributed by atoms with E-state index >= 15 is 0 Å². The van der Waals surface area contributed by atoms with Crippen molar-refractivity contribution in [2.24, 2.45) is 5.92 Å². The molecule has 0 spiro atoms. The van der Waals surface area contributed by atoms with Gasteiger partial charge in [0.15, 0.2) is 0 Å². The maximum Gasteiger partial charge on any atom is 0.0773 e. The maximum atomic E-state index is 9.28. The molecule has 1 rings (SSSR count). The molecule has 2 heteroatoms. The van der Waals surface area contributed by atoms with Crippen LogP contribution in [-0.2, 0) is 6.42 Å². The predicted molar refractivity (Wildman–Crippen MR) is 61.6 cm³/mol. The highest BCUT2D eigenvalue weighted by atomic mass is 16.3. The first-order chi connectivity index (χ1) is 7.22. The molecule has 0 bridgehead atoms. The molecule has 0 aliphatic rings. The minimum atomic E-state index is -0.559. The first-order valence-electron chi connectivity index (χ1n) is 5.55. The molecular weight excluding hydrogens is 188 g/mol. The van der Waals surface area contributed by atoms with Gasteiger partial charge in [-0.25, -0.2) is 0 Å². The second-order valence-electron chi connectivity index (χ2n) is 4.20. The van der Waals surface area contributed by atoms with E-state index in [0.717, 1.165) is 12.8 Å². The van der Waals surface area contributed by atoms with Gasteiger partial charge in [-0.05, 0) is 30.7 Å². The van der Waals surface area contributed by atoms with Crippen LogP contribution in [0, 0.1) is 5.92 Å². The lowest BCUT2D eigenvalue weighted by atomic mass is 9.96. The van der Waals surface area contributed by atoms with Gasteiger partial charge in [0.05, 0.1) is 12.7 Å². The van der Waals surface area contributed by atoms with Crippen molar-refractivity contribution in [2.45, 2.75) is 32.3 Å². The zero-order valence-corrected chi connectivity index (χ0v) is 9.26. The number of benzene rings is 1. The van der Waals surface area contributed by atoms with Crippen LogP contribution in [0.5, 0.6) is 0 Å². The molecule has 2 N–H and O–H groups in total. The van der Waals surface area contributed by atoms with Crippen molar-refractivity contribution in [3.8, 4) is 0 Å². The van der Waals surface area contributed by atoms with E-state index in [2.05, 4.69) is 19.1 Å². The van der Waals surface area contributed by atoms with Crippen molar-refractivity contribution in [3.05, 3.63) is 35.9 Å². The van der Waals surface area contributed by atoms with Crippen LogP contribution < -0.4 is 0 Å². The topological polar surface area (TPSA) is 40.5 Å². The second kappa shape index (κ2) is 6.59. The maximum absolute atomic E-state index is 9.28. The number of aliphatic hydroxyl groups excluding tert-OH is 2. The summed E-state index contributed by atoms with van der Waals surface area (Å²) in [5.41, 5.74) is 1.34. The largest absolute Gasteiger partial charge is 0.394 e. The van der Waals surface area contributed by atoms with Crippen LogP contribution >= 0.6 is 0 Å². The lowest BCUT2D eigenvalue weighted by molar-refractivity contribution is 0.0751. The van der Waals surface area contributed by atoms with Crippen molar-refractivity contribution in [1.82, 2.24) is 0 Å². The van der Waals surface area contributed by atoms with Crippen LogP contribution in [0.4, 0.5) is 0 Å². The van der Waals surface area contributed by atoms with Crippen molar-refractivity contribution >= 4 is 0 Å². The molecule has 0 aromatic heterocycles. The average Bonchev–Trinajstić information content (AvgIpc) is 2.27. The van der Waals surface area contributed by atoms with E-state index < -0.39 is 6.10 Å². The molecule has 0 saturated heterocycles. The Morgan fingerprint density at radius 1 is 1.20 bits per heavy atom. The van der Waals surface area contributed by atoms with E-state index in [1.165, 1.54) is 5.56 Å². The van der Waals surface area contributed by atoms with Crippen LogP contribution in [0.2, 0.25) is 0 Å². The van der Waals surface area contributed by atoms with Crippen LogP contribution in [0.15, 0.2) is 30.3 Å². The molecule has 15 heavy (non-hydrogen) atoms. The molecule has 0 aliphatic heterocycles.